The summed E-state index contributed by atoms with van der Waals surface area (Å²) in [5, 5.41) is 6.92. The number of likely N-dealkylation sites (tertiary alicyclic amines) is 1. The van der Waals surface area contributed by atoms with E-state index in [4.69, 9.17) is 0 Å². The molecular weight excluding hydrogens is 288 g/mol. The number of imidazole rings is 1. The van der Waals surface area contributed by atoms with Crippen molar-refractivity contribution in [3.63, 3.8) is 0 Å². The molecule has 0 amide bonds. The molecule has 0 spiro atoms. The second-order valence-electron chi connectivity index (χ2n) is 6.48. The third-order valence-electron chi connectivity index (χ3n) is 4.70. The SMILES string of the molecule is CN=C(NCc1cn2ccccc2n1)NC1CCN(C2CC2)C1. The molecule has 23 heavy (non-hydrogen) atoms. The standard InChI is InChI=1S/C17H24N6/c1-18-17(21-13-7-9-22(11-13)15-5-6-15)19-10-14-12-23-8-3-2-4-16(23)20-14/h2-4,8,12-13,15H,5-7,9-11H2,1H3,(H2,18,19,21). The smallest absolute Gasteiger partial charge is 0.191 e. The van der Waals surface area contributed by atoms with Crippen LogP contribution in [0.15, 0.2) is 35.6 Å². The molecule has 2 aromatic rings. The first-order chi connectivity index (χ1) is 11.3. The first kappa shape index (κ1) is 14.5. The number of hydrogen-bond donors (Lipinski definition) is 2. The second-order valence-corrected chi connectivity index (χ2v) is 6.48. The molecule has 122 valence electrons. The highest BCUT2D eigenvalue weighted by Gasteiger charge is 2.34. The van der Waals surface area contributed by atoms with Crippen LogP contribution in [0.3, 0.4) is 0 Å². The van der Waals surface area contributed by atoms with Crippen LogP contribution in [0.4, 0.5) is 0 Å². The summed E-state index contributed by atoms with van der Waals surface area (Å²) in [5.74, 6) is 0.865. The van der Waals surface area contributed by atoms with E-state index in [2.05, 4.69) is 31.7 Å². The maximum atomic E-state index is 4.60. The maximum Gasteiger partial charge on any atom is 0.191 e. The fourth-order valence-corrected chi connectivity index (χ4v) is 3.31. The predicted molar refractivity (Wildman–Crippen MR) is 91.5 cm³/mol. The van der Waals surface area contributed by atoms with Gasteiger partial charge in [0.2, 0.25) is 0 Å². The third kappa shape index (κ3) is 3.32. The van der Waals surface area contributed by atoms with E-state index >= 15 is 0 Å². The lowest BCUT2D eigenvalue weighted by Gasteiger charge is -2.18. The summed E-state index contributed by atoms with van der Waals surface area (Å²) < 4.78 is 2.04. The van der Waals surface area contributed by atoms with Crippen molar-refractivity contribution in [2.45, 2.75) is 37.9 Å². The van der Waals surface area contributed by atoms with Gasteiger partial charge in [-0.05, 0) is 31.4 Å². The number of hydrogen-bond acceptors (Lipinski definition) is 3. The number of nitrogens with one attached hydrogen (secondary N) is 2. The lowest BCUT2D eigenvalue weighted by atomic mass is 10.3. The molecule has 1 saturated heterocycles. The Balaban J connectivity index is 1.31. The molecule has 4 rings (SSSR count). The molecule has 0 radical (unpaired) electrons. The molecule has 1 aliphatic carbocycles. The number of pyridine rings is 1. The van der Waals surface area contributed by atoms with Gasteiger partial charge in [-0.1, -0.05) is 6.07 Å². The molecule has 1 unspecified atom stereocenters. The average Bonchev–Trinajstić information content (AvgIpc) is 3.18. The fraction of sp³-hybridized carbons (Fsp3) is 0.529. The summed E-state index contributed by atoms with van der Waals surface area (Å²) in [6.07, 6.45) is 8.04. The van der Waals surface area contributed by atoms with Gasteiger partial charge < -0.3 is 15.0 Å². The highest BCUT2D eigenvalue weighted by molar-refractivity contribution is 5.80. The van der Waals surface area contributed by atoms with Crippen LogP contribution in [0.5, 0.6) is 0 Å². The zero-order valence-corrected chi connectivity index (χ0v) is 13.6. The average molecular weight is 312 g/mol. The number of fused-ring (bicyclic) bond motifs is 1. The van der Waals surface area contributed by atoms with Crippen molar-refractivity contribution in [2.24, 2.45) is 4.99 Å². The lowest BCUT2D eigenvalue weighted by Crippen LogP contribution is -2.44. The van der Waals surface area contributed by atoms with Crippen molar-refractivity contribution in [3.8, 4) is 0 Å². The molecule has 1 aliphatic heterocycles. The van der Waals surface area contributed by atoms with Gasteiger partial charge >= 0.3 is 0 Å². The van der Waals surface area contributed by atoms with Crippen molar-refractivity contribution in [3.05, 3.63) is 36.3 Å². The minimum absolute atomic E-state index is 0.503. The highest BCUT2D eigenvalue weighted by Crippen LogP contribution is 2.29. The van der Waals surface area contributed by atoms with E-state index in [0.717, 1.165) is 29.9 Å². The van der Waals surface area contributed by atoms with Crippen LogP contribution in [-0.2, 0) is 6.54 Å². The summed E-state index contributed by atoms with van der Waals surface area (Å²) >= 11 is 0. The zero-order chi connectivity index (χ0) is 15.6. The molecule has 6 nitrogen and oxygen atoms in total. The minimum atomic E-state index is 0.503. The van der Waals surface area contributed by atoms with Crippen LogP contribution in [0.2, 0.25) is 0 Å². The van der Waals surface area contributed by atoms with Gasteiger partial charge in [-0.25, -0.2) is 4.98 Å². The molecule has 2 N–H and O–H groups in total. The van der Waals surface area contributed by atoms with E-state index in [1.165, 1.54) is 25.8 Å². The van der Waals surface area contributed by atoms with E-state index in [0.29, 0.717) is 12.6 Å². The van der Waals surface area contributed by atoms with Crippen LogP contribution in [0, 0.1) is 0 Å². The van der Waals surface area contributed by atoms with Crippen LogP contribution in [-0.4, -0.2) is 52.5 Å². The van der Waals surface area contributed by atoms with Crippen LogP contribution in [0.1, 0.15) is 25.0 Å². The fourth-order valence-electron chi connectivity index (χ4n) is 3.31. The van der Waals surface area contributed by atoms with Crippen molar-refractivity contribution < 1.29 is 0 Å². The Morgan fingerprint density at radius 2 is 2.26 bits per heavy atom. The Morgan fingerprint density at radius 3 is 3.04 bits per heavy atom. The lowest BCUT2D eigenvalue weighted by molar-refractivity contribution is 0.321. The third-order valence-corrected chi connectivity index (χ3v) is 4.70. The summed E-state index contributed by atoms with van der Waals surface area (Å²) in [7, 11) is 1.83. The number of aromatic nitrogens is 2. The normalized spacial score (nSPS) is 22.7. The second kappa shape index (κ2) is 6.20. The first-order valence-electron chi connectivity index (χ1n) is 8.45. The van der Waals surface area contributed by atoms with Crippen LogP contribution >= 0.6 is 0 Å². The molecule has 0 aromatic carbocycles. The minimum Gasteiger partial charge on any atom is -0.352 e. The zero-order valence-electron chi connectivity index (χ0n) is 13.6. The quantitative estimate of drug-likeness (QED) is 0.659. The van der Waals surface area contributed by atoms with E-state index < -0.39 is 0 Å². The van der Waals surface area contributed by atoms with E-state index in [1.54, 1.807) is 0 Å². The van der Waals surface area contributed by atoms with Crippen LogP contribution < -0.4 is 10.6 Å². The van der Waals surface area contributed by atoms with Crippen LogP contribution in [0.25, 0.3) is 5.65 Å². The molecule has 1 saturated carbocycles. The number of guanidine groups is 1. The summed E-state index contributed by atoms with van der Waals surface area (Å²) in [6, 6.07) is 7.39. The number of aliphatic imine (C=N–C) groups is 1. The summed E-state index contributed by atoms with van der Waals surface area (Å²) in [6.45, 7) is 3.03. The Morgan fingerprint density at radius 1 is 1.35 bits per heavy atom. The Labute approximate surface area is 136 Å². The van der Waals surface area contributed by atoms with Gasteiger partial charge in [-0.2, -0.15) is 0 Å². The monoisotopic (exact) mass is 312 g/mol. The topological polar surface area (TPSA) is 57.0 Å². The van der Waals surface area contributed by atoms with E-state index in [9.17, 15) is 0 Å². The van der Waals surface area contributed by atoms with Gasteiger partial charge in [0.05, 0.1) is 12.2 Å². The van der Waals surface area contributed by atoms with E-state index in [1.807, 2.05) is 35.8 Å². The molecule has 6 heteroatoms. The number of rotatable bonds is 4. The highest BCUT2D eigenvalue weighted by atomic mass is 15.3. The van der Waals surface area contributed by atoms with Crippen molar-refractivity contribution in [1.29, 1.82) is 0 Å². The van der Waals surface area contributed by atoms with Gasteiger partial charge in [0.15, 0.2) is 5.96 Å². The summed E-state index contributed by atoms with van der Waals surface area (Å²) in [4.78, 5) is 11.6. The van der Waals surface area contributed by atoms with Crippen molar-refractivity contribution in [1.82, 2.24) is 24.9 Å². The summed E-state index contributed by atoms with van der Waals surface area (Å²) in [5.41, 5.74) is 1.99. The molecule has 0 bridgehead atoms. The van der Waals surface area contributed by atoms with Gasteiger partial charge in [0, 0.05) is 44.6 Å². The molecule has 2 fully saturated rings. The van der Waals surface area contributed by atoms with Gasteiger partial charge in [-0.3, -0.25) is 9.89 Å². The van der Waals surface area contributed by atoms with E-state index in [-0.39, 0.29) is 0 Å². The molecule has 1 atom stereocenters. The Hall–Kier alpha value is -2.08. The largest absolute Gasteiger partial charge is 0.352 e. The predicted octanol–water partition coefficient (Wildman–Crippen LogP) is 1.24. The van der Waals surface area contributed by atoms with Crippen molar-refractivity contribution in [2.75, 3.05) is 20.1 Å². The van der Waals surface area contributed by atoms with Gasteiger partial charge in [0.1, 0.15) is 5.65 Å². The Bertz CT molecular complexity index is 669. The maximum absolute atomic E-state index is 4.60. The molecule has 2 aromatic heterocycles. The first-order valence-corrected chi connectivity index (χ1v) is 8.45. The molecule has 2 aliphatic rings. The van der Waals surface area contributed by atoms with Crippen molar-refractivity contribution >= 4 is 11.6 Å². The van der Waals surface area contributed by atoms with Gasteiger partial charge in [0.25, 0.3) is 0 Å². The molecular formula is C17H24N6. The molecule has 3 heterocycles. The van der Waals surface area contributed by atoms with Gasteiger partial charge in [-0.15, -0.1) is 0 Å². The Kier molecular flexibility index (Phi) is 3.91. The number of nitrogens with zero attached hydrogens (tertiary/aromatic N) is 4.